The van der Waals surface area contributed by atoms with E-state index in [4.69, 9.17) is 5.11 Å². The van der Waals surface area contributed by atoms with E-state index < -0.39 is 21.9 Å². The summed E-state index contributed by atoms with van der Waals surface area (Å²) in [5.41, 5.74) is 0.878. The number of anilines is 1. The van der Waals surface area contributed by atoms with Crippen molar-refractivity contribution in [3.8, 4) is 0 Å². The Labute approximate surface area is 123 Å². The number of rotatable bonds is 6. The van der Waals surface area contributed by atoms with Gasteiger partial charge in [0, 0.05) is 26.2 Å². The van der Waals surface area contributed by atoms with Crippen molar-refractivity contribution >= 4 is 27.6 Å². The molecule has 1 rings (SSSR count). The van der Waals surface area contributed by atoms with E-state index in [1.54, 1.807) is 19.1 Å². The number of carbonyl (C=O) groups is 2. The molecule has 0 aliphatic heterocycles. The lowest BCUT2D eigenvalue weighted by Gasteiger charge is -2.15. The standard InChI is InChI=1S/C13H18N2O5S/c1-9-4-5-10(14-12(16)6-7-13(17)18)8-11(9)21(19,20)15(2)3/h4-5,8H,6-7H2,1-3H3,(H,14,16)(H,17,18). The summed E-state index contributed by atoms with van der Waals surface area (Å²) in [6.07, 6.45) is -0.445. The molecule has 0 radical (unpaired) electrons. The summed E-state index contributed by atoms with van der Waals surface area (Å²) in [6, 6.07) is 4.52. The number of aryl methyl sites for hydroxylation is 1. The summed E-state index contributed by atoms with van der Waals surface area (Å²) in [5, 5.41) is 11.0. The number of hydrogen-bond acceptors (Lipinski definition) is 4. The maximum atomic E-state index is 12.1. The number of aliphatic carboxylic acids is 1. The molecule has 0 saturated carbocycles. The number of carboxylic acids is 1. The van der Waals surface area contributed by atoms with Crippen LogP contribution in [0, 0.1) is 6.92 Å². The van der Waals surface area contributed by atoms with Gasteiger partial charge < -0.3 is 10.4 Å². The van der Waals surface area contributed by atoms with Crippen molar-refractivity contribution in [3.63, 3.8) is 0 Å². The van der Waals surface area contributed by atoms with Crippen LogP contribution in [0.4, 0.5) is 5.69 Å². The lowest BCUT2D eigenvalue weighted by atomic mass is 10.2. The number of benzene rings is 1. The van der Waals surface area contributed by atoms with Gasteiger partial charge in [-0.25, -0.2) is 12.7 Å². The molecular formula is C13H18N2O5S. The van der Waals surface area contributed by atoms with Gasteiger partial charge in [0.15, 0.2) is 0 Å². The molecule has 0 atom stereocenters. The molecule has 1 amide bonds. The Hall–Kier alpha value is -1.93. The Morgan fingerprint density at radius 1 is 1.24 bits per heavy atom. The maximum absolute atomic E-state index is 12.1. The normalized spacial score (nSPS) is 11.4. The maximum Gasteiger partial charge on any atom is 0.303 e. The smallest absolute Gasteiger partial charge is 0.303 e. The molecule has 8 heteroatoms. The highest BCUT2D eigenvalue weighted by Crippen LogP contribution is 2.22. The molecule has 0 spiro atoms. The second kappa shape index (κ2) is 6.68. The van der Waals surface area contributed by atoms with E-state index in [-0.39, 0.29) is 17.7 Å². The van der Waals surface area contributed by atoms with Crippen LogP contribution in [0.15, 0.2) is 23.1 Å². The fourth-order valence-electron chi connectivity index (χ4n) is 1.60. The molecule has 1 aromatic rings. The molecule has 0 heterocycles. The fraction of sp³-hybridized carbons (Fsp3) is 0.385. The van der Waals surface area contributed by atoms with Crippen molar-refractivity contribution in [1.82, 2.24) is 4.31 Å². The van der Waals surface area contributed by atoms with Crippen LogP contribution in [0.2, 0.25) is 0 Å². The number of carboxylic acid groups (broad SMARTS) is 1. The summed E-state index contributed by atoms with van der Waals surface area (Å²) < 4.78 is 25.4. The van der Waals surface area contributed by atoms with Gasteiger partial charge in [-0.1, -0.05) is 6.07 Å². The van der Waals surface area contributed by atoms with Crippen LogP contribution in [-0.4, -0.2) is 43.8 Å². The molecule has 0 fully saturated rings. The average molecular weight is 314 g/mol. The van der Waals surface area contributed by atoms with E-state index in [1.807, 2.05) is 0 Å². The molecule has 1 aromatic carbocycles. The second-order valence-electron chi connectivity index (χ2n) is 4.71. The zero-order valence-corrected chi connectivity index (χ0v) is 12.9. The minimum atomic E-state index is -3.60. The van der Waals surface area contributed by atoms with Gasteiger partial charge in [-0.05, 0) is 24.6 Å². The van der Waals surface area contributed by atoms with E-state index in [0.29, 0.717) is 11.3 Å². The second-order valence-corrected chi connectivity index (χ2v) is 6.83. The molecular weight excluding hydrogens is 296 g/mol. The van der Waals surface area contributed by atoms with E-state index in [0.717, 1.165) is 4.31 Å². The van der Waals surface area contributed by atoms with Gasteiger partial charge in [0.25, 0.3) is 0 Å². The van der Waals surface area contributed by atoms with Crippen LogP contribution in [-0.2, 0) is 19.6 Å². The Balaban J connectivity index is 2.98. The van der Waals surface area contributed by atoms with Crippen molar-refractivity contribution in [2.45, 2.75) is 24.7 Å². The molecule has 0 bridgehead atoms. The van der Waals surface area contributed by atoms with E-state index >= 15 is 0 Å². The Morgan fingerprint density at radius 3 is 2.38 bits per heavy atom. The van der Waals surface area contributed by atoms with Crippen LogP contribution >= 0.6 is 0 Å². The van der Waals surface area contributed by atoms with E-state index in [2.05, 4.69) is 5.32 Å². The van der Waals surface area contributed by atoms with Gasteiger partial charge in [-0.3, -0.25) is 9.59 Å². The summed E-state index contributed by atoms with van der Waals surface area (Å²) in [4.78, 5) is 22.1. The van der Waals surface area contributed by atoms with Gasteiger partial charge in [0.1, 0.15) is 0 Å². The summed E-state index contributed by atoms with van der Waals surface area (Å²) in [6.45, 7) is 1.66. The number of nitrogens with one attached hydrogen (secondary N) is 1. The Kier molecular flexibility index (Phi) is 5.45. The molecule has 7 nitrogen and oxygen atoms in total. The van der Waals surface area contributed by atoms with Crippen LogP contribution in [0.5, 0.6) is 0 Å². The van der Waals surface area contributed by atoms with Crippen molar-refractivity contribution < 1.29 is 23.1 Å². The SMILES string of the molecule is Cc1ccc(NC(=O)CCC(=O)O)cc1S(=O)(=O)N(C)C. The minimum absolute atomic E-state index is 0.100. The van der Waals surface area contributed by atoms with E-state index in [9.17, 15) is 18.0 Å². The van der Waals surface area contributed by atoms with Crippen molar-refractivity contribution in [3.05, 3.63) is 23.8 Å². The number of sulfonamides is 1. The zero-order valence-electron chi connectivity index (χ0n) is 12.1. The van der Waals surface area contributed by atoms with Crippen LogP contribution < -0.4 is 5.32 Å². The van der Waals surface area contributed by atoms with E-state index in [1.165, 1.54) is 20.2 Å². The van der Waals surface area contributed by atoms with Gasteiger partial charge in [0.05, 0.1) is 11.3 Å². The monoisotopic (exact) mass is 314 g/mol. The highest BCUT2D eigenvalue weighted by atomic mass is 32.2. The third kappa shape index (κ3) is 4.54. The van der Waals surface area contributed by atoms with Crippen molar-refractivity contribution in [2.75, 3.05) is 19.4 Å². The fourth-order valence-corrected chi connectivity index (χ4v) is 2.74. The first kappa shape index (κ1) is 17.1. The van der Waals surface area contributed by atoms with Crippen LogP contribution in [0.1, 0.15) is 18.4 Å². The Morgan fingerprint density at radius 2 is 1.86 bits per heavy atom. The minimum Gasteiger partial charge on any atom is -0.481 e. The van der Waals surface area contributed by atoms with Gasteiger partial charge >= 0.3 is 5.97 Å². The van der Waals surface area contributed by atoms with Gasteiger partial charge in [0.2, 0.25) is 15.9 Å². The molecule has 21 heavy (non-hydrogen) atoms. The third-order valence-corrected chi connectivity index (χ3v) is 4.75. The largest absolute Gasteiger partial charge is 0.481 e. The first-order valence-corrected chi connectivity index (χ1v) is 7.63. The highest BCUT2D eigenvalue weighted by Gasteiger charge is 2.20. The predicted molar refractivity (Wildman–Crippen MR) is 77.6 cm³/mol. The number of nitrogens with zero attached hydrogens (tertiary/aromatic N) is 1. The number of carbonyl (C=O) groups excluding carboxylic acids is 1. The first-order valence-electron chi connectivity index (χ1n) is 6.19. The lowest BCUT2D eigenvalue weighted by Crippen LogP contribution is -2.23. The lowest BCUT2D eigenvalue weighted by molar-refractivity contribution is -0.138. The van der Waals surface area contributed by atoms with Gasteiger partial charge in [-0.2, -0.15) is 0 Å². The topological polar surface area (TPSA) is 104 Å². The molecule has 0 unspecified atom stereocenters. The number of amides is 1. The molecule has 0 aromatic heterocycles. The summed E-state index contributed by atoms with van der Waals surface area (Å²) in [7, 11) is -0.757. The molecule has 116 valence electrons. The average Bonchev–Trinajstić information content (AvgIpc) is 2.38. The molecule has 0 aliphatic carbocycles. The third-order valence-electron chi connectivity index (χ3n) is 2.80. The quantitative estimate of drug-likeness (QED) is 0.816. The molecule has 0 aliphatic rings. The zero-order chi connectivity index (χ0) is 16.2. The molecule has 0 saturated heterocycles. The highest BCUT2D eigenvalue weighted by molar-refractivity contribution is 7.89. The predicted octanol–water partition coefficient (Wildman–Crippen LogP) is 1.05. The first-order chi connectivity index (χ1) is 9.64. The van der Waals surface area contributed by atoms with Crippen LogP contribution in [0.25, 0.3) is 0 Å². The number of hydrogen-bond donors (Lipinski definition) is 2. The van der Waals surface area contributed by atoms with Crippen molar-refractivity contribution in [1.29, 1.82) is 0 Å². The van der Waals surface area contributed by atoms with Crippen molar-refractivity contribution in [2.24, 2.45) is 0 Å². The van der Waals surface area contributed by atoms with Crippen LogP contribution in [0.3, 0.4) is 0 Å². The van der Waals surface area contributed by atoms with Gasteiger partial charge in [-0.15, -0.1) is 0 Å². The molecule has 2 N–H and O–H groups in total. The Bertz CT molecular complexity index is 653. The summed E-state index contributed by atoms with van der Waals surface area (Å²) in [5.74, 6) is -1.54. The summed E-state index contributed by atoms with van der Waals surface area (Å²) >= 11 is 0.